The molecule has 2 aromatic heterocycles. The second-order valence-corrected chi connectivity index (χ2v) is 8.66. The van der Waals surface area contributed by atoms with E-state index in [1.807, 2.05) is 0 Å². The van der Waals surface area contributed by atoms with Crippen molar-refractivity contribution in [2.75, 3.05) is 24.3 Å². The number of aliphatic hydroxyl groups excluding tert-OH is 1. The molecular weight excluding hydrogens is 428 g/mol. The summed E-state index contributed by atoms with van der Waals surface area (Å²) in [5.41, 5.74) is 2.00. The summed E-state index contributed by atoms with van der Waals surface area (Å²) in [6, 6.07) is 0. The van der Waals surface area contributed by atoms with Gasteiger partial charge in [-0.25, -0.2) is 14.6 Å². The highest BCUT2D eigenvalue weighted by molar-refractivity contribution is 8.00. The van der Waals surface area contributed by atoms with Gasteiger partial charge < -0.3 is 15.2 Å². The van der Waals surface area contributed by atoms with Gasteiger partial charge in [-0.3, -0.25) is 9.36 Å². The quantitative estimate of drug-likeness (QED) is 0.353. The zero-order chi connectivity index (χ0) is 21.7. The van der Waals surface area contributed by atoms with E-state index in [1.165, 1.54) is 16.3 Å². The predicted octanol–water partition coefficient (Wildman–Crippen LogP) is 1.79. The first-order chi connectivity index (χ1) is 14.4. The topological polar surface area (TPSA) is 123 Å². The average molecular weight is 453 g/mol. The molecule has 0 atom stereocenters. The molecule has 2 N–H and O–H groups in total. The molecule has 11 heteroatoms. The molecule has 162 valence electrons. The maximum atomic E-state index is 12.4. The van der Waals surface area contributed by atoms with Crippen molar-refractivity contribution in [3.05, 3.63) is 32.3 Å². The maximum Gasteiger partial charge on any atom is 0.350 e. The predicted molar refractivity (Wildman–Crippen MR) is 114 cm³/mol. The number of aryl methyl sites for hydroxylation is 1. The van der Waals surface area contributed by atoms with Crippen molar-refractivity contribution in [3.63, 3.8) is 0 Å². The number of carbonyl (C=O) groups excluding carboxylic acids is 2. The summed E-state index contributed by atoms with van der Waals surface area (Å²) in [5.74, 6) is -0.687. The lowest BCUT2D eigenvalue weighted by Gasteiger charge is -2.22. The van der Waals surface area contributed by atoms with Crippen LogP contribution in [-0.4, -0.2) is 50.5 Å². The summed E-state index contributed by atoms with van der Waals surface area (Å²) in [5, 5.41) is 12.8. The van der Waals surface area contributed by atoms with E-state index >= 15 is 0 Å². The average Bonchev–Trinajstić information content (AvgIpc) is 3.09. The van der Waals surface area contributed by atoms with Gasteiger partial charge >= 0.3 is 11.7 Å². The van der Waals surface area contributed by atoms with Crippen LogP contribution < -0.4 is 11.0 Å². The van der Waals surface area contributed by atoms with Crippen molar-refractivity contribution >= 4 is 40.1 Å². The minimum Gasteiger partial charge on any atom is -0.462 e. The number of esters is 1. The lowest BCUT2D eigenvalue weighted by molar-refractivity contribution is -0.113. The van der Waals surface area contributed by atoms with Crippen LogP contribution in [0, 0.1) is 6.92 Å². The second-order valence-electron chi connectivity index (χ2n) is 6.70. The molecule has 0 saturated carbocycles. The fraction of sp³-hybridized carbons (Fsp3) is 0.526. The zero-order valence-corrected chi connectivity index (χ0v) is 18.5. The van der Waals surface area contributed by atoms with Crippen molar-refractivity contribution in [2.45, 2.75) is 51.1 Å². The zero-order valence-electron chi connectivity index (χ0n) is 16.9. The minimum atomic E-state index is -0.457. The maximum absolute atomic E-state index is 12.4. The molecule has 2 heterocycles. The number of thioether (sulfide) groups is 1. The van der Waals surface area contributed by atoms with Crippen molar-refractivity contribution in [2.24, 2.45) is 0 Å². The van der Waals surface area contributed by atoms with Gasteiger partial charge in [0.05, 0.1) is 31.2 Å². The third kappa shape index (κ3) is 5.08. The Morgan fingerprint density at radius 2 is 2.07 bits per heavy atom. The standard InChI is InChI=1S/C19H24N4O5S2/c1-3-28-17(26)15-11(2)20-18(30-15)21-14(25)10-29-16-12-6-4-5-7-13(12)23(8-9-24)19(27)22-16/h24H,3-10H2,1-2H3,(H,20,21,25). The van der Waals surface area contributed by atoms with E-state index in [-0.39, 0.29) is 31.4 Å². The first-order valence-electron chi connectivity index (χ1n) is 9.75. The molecule has 0 fully saturated rings. The van der Waals surface area contributed by atoms with Crippen molar-refractivity contribution in [3.8, 4) is 0 Å². The molecule has 0 saturated heterocycles. The Kier molecular flexibility index (Phi) is 7.62. The number of hydrogen-bond donors (Lipinski definition) is 2. The Hall–Kier alpha value is -2.24. The number of amides is 1. The molecule has 3 rings (SSSR count). The first-order valence-corrected chi connectivity index (χ1v) is 11.6. The lowest BCUT2D eigenvalue weighted by atomic mass is 9.97. The molecule has 30 heavy (non-hydrogen) atoms. The summed E-state index contributed by atoms with van der Waals surface area (Å²) < 4.78 is 6.52. The second kappa shape index (κ2) is 10.2. The summed E-state index contributed by atoms with van der Waals surface area (Å²) in [6.45, 7) is 3.78. The van der Waals surface area contributed by atoms with Crippen LogP contribution in [0.4, 0.5) is 5.13 Å². The highest BCUT2D eigenvalue weighted by Crippen LogP contribution is 2.29. The molecule has 0 unspecified atom stereocenters. The van der Waals surface area contributed by atoms with E-state index in [2.05, 4.69) is 15.3 Å². The van der Waals surface area contributed by atoms with Crippen LogP contribution in [0.2, 0.25) is 0 Å². The van der Waals surface area contributed by atoms with Gasteiger partial charge in [-0.2, -0.15) is 4.98 Å². The fourth-order valence-corrected chi connectivity index (χ4v) is 5.08. The number of fused-ring (bicyclic) bond motifs is 1. The van der Waals surface area contributed by atoms with E-state index in [0.29, 0.717) is 20.7 Å². The van der Waals surface area contributed by atoms with Crippen molar-refractivity contribution in [1.29, 1.82) is 0 Å². The summed E-state index contributed by atoms with van der Waals surface area (Å²) >= 11 is 2.29. The van der Waals surface area contributed by atoms with Crippen LogP contribution in [0.3, 0.4) is 0 Å². The lowest BCUT2D eigenvalue weighted by Crippen LogP contribution is -2.31. The van der Waals surface area contributed by atoms with Crippen LogP contribution >= 0.6 is 23.1 Å². The van der Waals surface area contributed by atoms with Gasteiger partial charge in [-0.15, -0.1) is 0 Å². The molecule has 0 spiro atoms. The van der Waals surface area contributed by atoms with Crippen LogP contribution in [0.25, 0.3) is 0 Å². The smallest absolute Gasteiger partial charge is 0.350 e. The minimum absolute atomic E-state index is 0.0657. The van der Waals surface area contributed by atoms with E-state index in [1.54, 1.807) is 13.8 Å². The fourth-order valence-electron chi connectivity index (χ4n) is 3.32. The number of aromatic nitrogens is 3. The molecule has 0 aliphatic heterocycles. The molecular formula is C19H24N4O5S2. The van der Waals surface area contributed by atoms with E-state index in [0.717, 1.165) is 48.3 Å². The van der Waals surface area contributed by atoms with Crippen molar-refractivity contribution < 1.29 is 19.4 Å². The highest BCUT2D eigenvalue weighted by atomic mass is 32.2. The summed E-state index contributed by atoms with van der Waals surface area (Å²) in [4.78, 5) is 45.4. The van der Waals surface area contributed by atoms with Crippen LogP contribution in [0.5, 0.6) is 0 Å². The van der Waals surface area contributed by atoms with E-state index in [9.17, 15) is 19.5 Å². The van der Waals surface area contributed by atoms with Crippen LogP contribution in [0.1, 0.15) is 46.4 Å². The molecule has 1 amide bonds. The number of aliphatic hydroxyl groups is 1. The molecule has 0 aromatic carbocycles. The number of thiazole rings is 1. The number of rotatable bonds is 8. The Morgan fingerprint density at radius 1 is 1.30 bits per heavy atom. The normalized spacial score (nSPS) is 13.0. The van der Waals surface area contributed by atoms with E-state index in [4.69, 9.17) is 4.74 Å². The van der Waals surface area contributed by atoms with E-state index < -0.39 is 11.7 Å². The Labute approximate surface area is 181 Å². The number of ether oxygens (including phenoxy) is 1. The molecule has 0 radical (unpaired) electrons. The monoisotopic (exact) mass is 452 g/mol. The highest BCUT2D eigenvalue weighted by Gasteiger charge is 2.22. The van der Waals surface area contributed by atoms with Gasteiger partial charge in [0.25, 0.3) is 0 Å². The van der Waals surface area contributed by atoms with Gasteiger partial charge in [0.1, 0.15) is 9.90 Å². The largest absolute Gasteiger partial charge is 0.462 e. The Morgan fingerprint density at radius 3 is 2.80 bits per heavy atom. The molecule has 1 aliphatic carbocycles. The third-order valence-electron chi connectivity index (χ3n) is 4.62. The molecule has 9 nitrogen and oxygen atoms in total. The van der Waals surface area contributed by atoms with Gasteiger partial charge in [0.2, 0.25) is 5.91 Å². The SMILES string of the molecule is CCOC(=O)c1sc(NC(=O)CSc2nc(=O)n(CCO)c3c2CCCC3)nc1C. The number of nitrogens with zero attached hydrogens (tertiary/aromatic N) is 3. The van der Waals surface area contributed by atoms with Gasteiger partial charge in [0.15, 0.2) is 5.13 Å². The number of hydrogen-bond acceptors (Lipinski definition) is 9. The number of carbonyl (C=O) groups is 2. The molecule has 1 aliphatic rings. The van der Waals surface area contributed by atoms with Crippen LogP contribution in [0.15, 0.2) is 9.82 Å². The number of nitrogens with one attached hydrogen (secondary N) is 1. The Bertz CT molecular complexity index is 1000. The van der Waals surface area contributed by atoms with Gasteiger partial charge in [-0.1, -0.05) is 23.1 Å². The number of anilines is 1. The van der Waals surface area contributed by atoms with Gasteiger partial charge in [-0.05, 0) is 39.5 Å². The van der Waals surface area contributed by atoms with Gasteiger partial charge in [0, 0.05) is 11.3 Å². The Balaban J connectivity index is 1.70. The summed E-state index contributed by atoms with van der Waals surface area (Å²) in [7, 11) is 0. The summed E-state index contributed by atoms with van der Waals surface area (Å²) in [6.07, 6.45) is 3.55. The molecule has 0 bridgehead atoms. The molecule has 2 aromatic rings. The van der Waals surface area contributed by atoms with Crippen LogP contribution in [-0.2, 0) is 28.9 Å². The first kappa shape index (κ1) is 22.4. The third-order valence-corrected chi connectivity index (χ3v) is 6.69. The van der Waals surface area contributed by atoms with Crippen molar-refractivity contribution in [1.82, 2.24) is 14.5 Å².